The van der Waals surface area contributed by atoms with Crippen LogP contribution in [0.5, 0.6) is 5.75 Å². The topological polar surface area (TPSA) is 45.2 Å². The van der Waals surface area contributed by atoms with Gasteiger partial charge in [0.15, 0.2) is 0 Å². The molecule has 3 nitrogen and oxygen atoms in total. The van der Waals surface area contributed by atoms with Gasteiger partial charge in [-0.05, 0) is 48.5 Å². The third kappa shape index (κ3) is 3.28. The van der Waals surface area contributed by atoms with E-state index in [9.17, 15) is 5.11 Å². The zero-order valence-corrected chi connectivity index (χ0v) is 14.0. The summed E-state index contributed by atoms with van der Waals surface area (Å²) in [7, 11) is 0. The van der Waals surface area contributed by atoms with Crippen molar-refractivity contribution in [1.82, 2.24) is 4.98 Å². The predicted octanol–water partition coefficient (Wildman–Crippen LogP) is 6.00. The molecule has 4 heteroatoms. The van der Waals surface area contributed by atoms with Crippen LogP contribution >= 0.6 is 11.6 Å². The summed E-state index contributed by atoms with van der Waals surface area (Å²) in [6, 6.07) is 24.7. The molecule has 0 saturated heterocycles. The lowest BCUT2D eigenvalue weighted by atomic mass is 10.1. The maximum Gasteiger partial charge on any atom is 0.116 e. The minimum absolute atomic E-state index is 0.209. The number of phenols is 1. The van der Waals surface area contributed by atoms with Gasteiger partial charge < -0.3 is 10.4 Å². The molecule has 4 rings (SSSR count). The molecule has 0 fully saturated rings. The van der Waals surface area contributed by atoms with Gasteiger partial charge in [0, 0.05) is 21.7 Å². The highest BCUT2D eigenvalue weighted by atomic mass is 35.5. The lowest BCUT2D eigenvalue weighted by molar-refractivity contribution is 0.476. The SMILES string of the molecule is Oc1ccc2nc(-c3ccccc3)cc(Nc3ccc(Cl)cc3)c2c1. The van der Waals surface area contributed by atoms with Crippen LogP contribution in [0, 0.1) is 0 Å². The van der Waals surface area contributed by atoms with Crippen molar-refractivity contribution in [3.8, 4) is 17.0 Å². The fourth-order valence-electron chi connectivity index (χ4n) is 2.76. The monoisotopic (exact) mass is 346 g/mol. The number of hydrogen-bond donors (Lipinski definition) is 2. The molecular weight excluding hydrogens is 332 g/mol. The minimum atomic E-state index is 0.209. The number of rotatable bonds is 3. The normalized spacial score (nSPS) is 10.8. The molecule has 0 saturated carbocycles. The van der Waals surface area contributed by atoms with E-state index in [-0.39, 0.29) is 5.75 Å². The molecule has 25 heavy (non-hydrogen) atoms. The van der Waals surface area contributed by atoms with Crippen molar-refractivity contribution in [3.05, 3.63) is 83.9 Å². The molecule has 0 spiro atoms. The number of benzene rings is 3. The number of anilines is 2. The van der Waals surface area contributed by atoms with E-state index in [4.69, 9.17) is 16.6 Å². The molecule has 1 aromatic heterocycles. The summed E-state index contributed by atoms with van der Waals surface area (Å²) in [5.74, 6) is 0.209. The van der Waals surface area contributed by atoms with Gasteiger partial charge in [-0.3, -0.25) is 0 Å². The Kier molecular flexibility index (Phi) is 4.00. The summed E-state index contributed by atoms with van der Waals surface area (Å²) in [6.45, 7) is 0. The first kappa shape index (κ1) is 15.5. The Morgan fingerprint density at radius 1 is 0.840 bits per heavy atom. The van der Waals surface area contributed by atoms with E-state index in [0.717, 1.165) is 33.5 Å². The molecule has 1 heterocycles. The average molecular weight is 347 g/mol. The van der Waals surface area contributed by atoms with Crippen molar-refractivity contribution in [2.24, 2.45) is 0 Å². The second-order valence-corrected chi connectivity index (χ2v) is 6.19. The van der Waals surface area contributed by atoms with Crippen LogP contribution in [0.4, 0.5) is 11.4 Å². The van der Waals surface area contributed by atoms with Gasteiger partial charge in [-0.25, -0.2) is 4.98 Å². The third-order valence-electron chi connectivity index (χ3n) is 3.99. The second-order valence-electron chi connectivity index (χ2n) is 5.75. The van der Waals surface area contributed by atoms with E-state index in [1.165, 1.54) is 0 Å². The Morgan fingerprint density at radius 2 is 1.60 bits per heavy atom. The molecule has 3 aromatic carbocycles. The van der Waals surface area contributed by atoms with Crippen LogP contribution in [0.2, 0.25) is 5.02 Å². The number of halogens is 1. The Bertz CT molecular complexity index is 1030. The zero-order valence-electron chi connectivity index (χ0n) is 13.3. The standard InChI is InChI=1S/C21H15ClN2O/c22-15-6-8-16(9-7-15)23-21-13-20(14-4-2-1-3-5-14)24-19-11-10-17(25)12-18(19)21/h1-13,25H,(H,23,24). The lowest BCUT2D eigenvalue weighted by Gasteiger charge is -2.13. The molecule has 2 N–H and O–H groups in total. The number of nitrogens with one attached hydrogen (secondary N) is 1. The van der Waals surface area contributed by atoms with Gasteiger partial charge in [0.2, 0.25) is 0 Å². The van der Waals surface area contributed by atoms with Crippen LogP contribution in [-0.2, 0) is 0 Å². The van der Waals surface area contributed by atoms with Gasteiger partial charge in [0.25, 0.3) is 0 Å². The first-order valence-corrected chi connectivity index (χ1v) is 8.29. The fourth-order valence-corrected chi connectivity index (χ4v) is 2.89. The highest BCUT2D eigenvalue weighted by Gasteiger charge is 2.09. The number of fused-ring (bicyclic) bond motifs is 1. The number of phenolic OH excluding ortho intramolecular Hbond substituents is 1. The molecule has 0 aliphatic heterocycles. The number of aromatic hydroxyl groups is 1. The first-order valence-electron chi connectivity index (χ1n) is 7.91. The van der Waals surface area contributed by atoms with Crippen LogP contribution in [-0.4, -0.2) is 10.1 Å². The fraction of sp³-hybridized carbons (Fsp3) is 0. The molecule has 4 aromatic rings. The van der Waals surface area contributed by atoms with Gasteiger partial charge in [-0.2, -0.15) is 0 Å². The first-order chi connectivity index (χ1) is 12.2. The molecule has 0 bridgehead atoms. The molecular formula is C21H15ClN2O. The molecule has 0 atom stereocenters. The van der Waals surface area contributed by atoms with E-state index in [0.29, 0.717) is 5.02 Å². The number of hydrogen-bond acceptors (Lipinski definition) is 3. The van der Waals surface area contributed by atoms with Gasteiger partial charge in [0.05, 0.1) is 16.9 Å². The molecule has 0 radical (unpaired) electrons. The molecule has 0 unspecified atom stereocenters. The van der Waals surface area contributed by atoms with Crippen molar-refractivity contribution in [3.63, 3.8) is 0 Å². The summed E-state index contributed by atoms with van der Waals surface area (Å²) < 4.78 is 0. The van der Waals surface area contributed by atoms with Crippen LogP contribution < -0.4 is 5.32 Å². The Morgan fingerprint density at radius 3 is 2.36 bits per heavy atom. The Hall–Kier alpha value is -3.04. The maximum absolute atomic E-state index is 9.87. The van der Waals surface area contributed by atoms with E-state index in [1.807, 2.05) is 66.7 Å². The summed E-state index contributed by atoms with van der Waals surface area (Å²) in [5, 5.41) is 14.8. The van der Waals surface area contributed by atoms with E-state index >= 15 is 0 Å². The van der Waals surface area contributed by atoms with E-state index in [1.54, 1.807) is 12.1 Å². The molecule has 122 valence electrons. The zero-order chi connectivity index (χ0) is 17.2. The van der Waals surface area contributed by atoms with Crippen molar-refractivity contribution in [2.75, 3.05) is 5.32 Å². The van der Waals surface area contributed by atoms with E-state index in [2.05, 4.69) is 5.32 Å². The predicted molar refractivity (Wildman–Crippen MR) is 104 cm³/mol. The lowest BCUT2D eigenvalue weighted by Crippen LogP contribution is -1.95. The molecule has 0 aliphatic rings. The van der Waals surface area contributed by atoms with Crippen LogP contribution in [0.15, 0.2) is 78.9 Å². The average Bonchev–Trinajstić information content (AvgIpc) is 2.64. The van der Waals surface area contributed by atoms with Crippen molar-refractivity contribution < 1.29 is 5.11 Å². The van der Waals surface area contributed by atoms with Gasteiger partial charge in [-0.15, -0.1) is 0 Å². The summed E-state index contributed by atoms with van der Waals surface area (Å²) in [5.41, 5.74) is 4.52. The van der Waals surface area contributed by atoms with Gasteiger partial charge in [0.1, 0.15) is 5.75 Å². The smallest absolute Gasteiger partial charge is 0.116 e. The van der Waals surface area contributed by atoms with Gasteiger partial charge in [-0.1, -0.05) is 41.9 Å². The maximum atomic E-state index is 9.87. The third-order valence-corrected chi connectivity index (χ3v) is 4.24. The van der Waals surface area contributed by atoms with Crippen LogP contribution in [0.1, 0.15) is 0 Å². The summed E-state index contributed by atoms with van der Waals surface area (Å²) in [4.78, 5) is 4.73. The minimum Gasteiger partial charge on any atom is -0.508 e. The van der Waals surface area contributed by atoms with Crippen molar-refractivity contribution in [2.45, 2.75) is 0 Å². The Labute approximate surface area is 150 Å². The highest BCUT2D eigenvalue weighted by Crippen LogP contribution is 2.32. The molecule has 0 aliphatic carbocycles. The largest absolute Gasteiger partial charge is 0.508 e. The number of nitrogens with zero attached hydrogens (tertiary/aromatic N) is 1. The molecule has 0 amide bonds. The summed E-state index contributed by atoms with van der Waals surface area (Å²) in [6.07, 6.45) is 0. The Balaban J connectivity index is 1.87. The summed E-state index contributed by atoms with van der Waals surface area (Å²) >= 11 is 5.96. The second kappa shape index (κ2) is 6.46. The van der Waals surface area contributed by atoms with Crippen molar-refractivity contribution in [1.29, 1.82) is 0 Å². The quantitative estimate of drug-likeness (QED) is 0.478. The number of aromatic nitrogens is 1. The van der Waals surface area contributed by atoms with Crippen LogP contribution in [0.3, 0.4) is 0 Å². The van der Waals surface area contributed by atoms with E-state index < -0.39 is 0 Å². The van der Waals surface area contributed by atoms with Crippen molar-refractivity contribution >= 4 is 33.9 Å². The highest BCUT2D eigenvalue weighted by molar-refractivity contribution is 6.30. The van der Waals surface area contributed by atoms with Gasteiger partial charge >= 0.3 is 0 Å². The number of pyridine rings is 1. The van der Waals surface area contributed by atoms with Crippen LogP contribution in [0.25, 0.3) is 22.2 Å².